The summed E-state index contributed by atoms with van der Waals surface area (Å²) in [6.07, 6.45) is 6.38. The normalized spacial score (nSPS) is 18.7. The van der Waals surface area contributed by atoms with E-state index in [-0.39, 0.29) is 10.8 Å². The third-order valence-electron chi connectivity index (χ3n) is 6.18. The Morgan fingerprint density at radius 2 is 1.68 bits per heavy atom. The third kappa shape index (κ3) is 2.10. The van der Waals surface area contributed by atoms with Crippen LogP contribution in [0.4, 0.5) is 0 Å². The summed E-state index contributed by atoms with van der Waals surface area (Å²) < 4.78 is 2.88. The Morgan fingerprint density at radius 3 is 2.52 bits per heavy atom. The van der Waals surface area contributed by atoms with Crippen LogP contribution in [-0.4, -0.2) is 4.98 Å². The molecule has 1 nitrogen and oxygen atoms in total. The smallest absolute Gasteiger partial charge is 0.0395 e. The van der Waals surface area contributed by atoms with Crippen molar-refractivity contribution in [3.05, 3.63) is 53.9 Å². The zero-order valence-electron chi connectivity index (χ0n) is 15.3. The van der Waals surface area contributed by atoms with Gasteiger partial charge >= 0.3 is 0 Å². The van der Waals surface area contributed by atoms with Crippen molar-refractivity contribution in [2.75, 3.05) is 0 Å². The monoisotopic (exact) mass is 345 g/mol. The van der Waals surface area contributed by atoms with Gasteiger partial charge in [0.15, 0.2) is 0 Å². The van der Waals surface area contributed by atoms with Gasteiger partial charge in [0.2, 0.25) is 0 Å². The van der Waals surface area contributed by atoms with Crippen molar-refractivity contribution < 1.29 is 0 Å². The average molecular weight is 346 g/mol. The standard InChI is InChI=1S/C23H23NS/c1-22(2)8-9-23(3,4)20-18(22)6-5-16-17-11-15-13-24-10-7-14(15)12-19(17)25-21(16)20/h5-7,10-13H,8-9H2,1-4H3. The van der Waals surface area contributed by atoms with E-state index in [2.05, 4.69) is 63.0 Å². The van der Waals surface area contributed by atoms with Crippen LogP contribution in [0, 0.1) is 0 Å². The maximum atomic E-state index is 4.30. The highest BCUT2D eigenvalue weighted by molar-refractivity contribution is 7.26. The van der Waals surface area contributed by atoms with E-state index in [9.17, 15) is 0 Å². The number of aromatic nitrogens is 1. The van der Waals surface area contributed by atoms with Gasteiger partial charge in [-0.3, -0.25) is 4.98 Å². The van der Waals surface area contributed by atoms with E-state index < -0.39 is 0 Å². The van der Waals surface area contributed by atoms with Crippen LogP contribution in [-0.2, 0) is 10.8 Å². The van der Waals surface area contributed by atoms with E-state index in [4.69, 9.17) is 0 Å². The lowest BCUT2D eigenvalue weighted by molar-refractivity contribution is 0.335. The second-order valence-corrected chi connectivity index (χ2v) is 9.86. The molecule has 2 aromatic carbocycles. The van der Waals surface area contributed by atoms with Gasteiger partial charge in [0.1, 0.15) is 0 Å². The highest BCUT2D eigenvalue weighted by Gasteiger charge is 2.38. The number of hydrogen-bond acceptors (Lipinski definition) is 2. The lowest BCUT2D eigenvalue weighted by Gasteiger charge is -2.42. The predicted molar refractivity (Wildman–Crippen MR) is 110 cm³/mol. The fourth-order valence-corrected chi connectivity index (χ4v) is 6.00. The van der Waals surface area contributed by atoms with Crippen molar-refractivity contribution in [1.82, 2.24) is 4.98 Å². The number of benzene rings is 2. The fourth-order valence-electron chi connectivity index (χ4n) is 4.54. The van der Waals surface area contributed by atoms with Gasteiger partial charge in [-0.2, -0.15) is 0 Å². The summed E-state index contributed by atoms with van der Waals surface area (Å²) in [4.78, 5) is 4.30. The molecule has 0 radical (unpaired) electrons. The molecule has 25 heavy (non-hydrogen) atoms. The Hall–Kier alpha value is -1.93. The van der Waals surface area contributed by atoms with E-state index >= 15 is 0 Å². The van der Waals surface area contributed by atoms with Crippen molar-refractivity contribution in [1.29, 1.82) is 0 Å². The van der Waals surface area contributed by atoms with Gasteiger partial charge in [-0.05, 0) is 58.4 Å². The molecule has 126 valence electrons. The molecule has 0 N–H and O–H groups in total. The largest absolute Gasteiger partial charge is 0.264 e. The van der Waals surface area contributed by atoms with Crippen LogP contribution >= 0.6 is 11.3 Å². The molecular formula is C23H23NS. The number of thiophene rings is 1. The molecule has 0 spiro atoms. The van der Waals surface area contributed by atoms with E-state index in [0.29, 0.717) is 0 Å². The Balaban J connectivity index is 1.94. The minimum Gasteiger partial charge on any atom is -0.264 e. The van der Waals surface area contributed by atoms with Gasteiger partial charge in [0, 0.05) is 38.0 Å². The van der Waals surface area contributed by atoms with Crippen molar-refractivity contribution in [2.24, 2.45) is 0 Å². The lowest BCUT2D eigenvalue weighted by atomic mass is 9.63. The van der Waals surface area contributed by atoms with Crippen molar-refractivity contribution in [2.45, 2.75) is 51.4 Å². The molecule has 0 saturated heterocycles. The number of hydrogen-bond donors (Lipinski definition) is 0. The molecule has 2 aromatic heterocycles. The quantitative estimate of drug-likeness (QED) is 0.336. The van der Waals surface area contributed by atoms with Crippen molar-refractivity contribution in [3.8, 4) is 0 Å². The number of rotatable bonds is 0. The summed E-state index contributed by atoms with van der Waals surface area (Å²) in [5.74, 6) is 0. The summed E-state index contributed by atoms with van der Waals surface area (Å²) in [6.45, 7) is 9.65. The van der Waals surface area contributed by atoms with Crippen molar-refractivity contribution >= 4 is 42.3 Å². The Bertz CT molecular complexity index is 1150. The van der Waals surface area contributed by atoms with Crippen LogP contribution in [0.25, 0.3) is 30.9 Å². The topological polar surface area (TPSA) is 12.9 Å². The van der Waals surface area contributed by atoms with Gasteiger partial charge in [-0.15, -0.1) is 11.3 Å². The molecule has 1 aliphatic carbocycles. The van der Waals surface area contributed by atoms with Crippen LogP contribution in [0.2, 0.25) is 0 Å². The van der Waals surface area contributed by atoms with Crippen LogP contribution in [0.1, 0.15) is 51.7 Å². The highest BCUT2D eigenvalue weighted by atomic mass is 32.1. The predicted octanol–water partition coefficient (Wildman–Crippen LogP) is 6.95. The van der Waals surface area contributed by atoms with Gasteiger partial charge < -0.3 is 0 Å². The summed E-state index contributed by atoms with van der Waals surface area (Å²) >= 11 is 1.97. The first-order valence-electron chi connectivity index (χ1n) is 9.11. The van der Waals surface area contributed by atoms with Gasteiger partial charge in [0.25, 0.3) is 0 Å². The zero-order chi connectivity index (χ0) is 17.4. The van der Waals surface area contributed by atoms with Crippen LogP contribution in [0.5, 0.6) is 0 Å². The molecular weight excluding hydrogens is 322 g/mol. The SMILES string of the molecule is CC1(C)CCC(C)(C)c2c1ccc1c2sc2cc3ccncc3cc21. The summed E-state index contributed by atoms with van der Waals surface area (Å²) in [7, 11) is 0. The minimum atomic E-state index is 0.242. The van der Waals surface area contributed by atoms with E-state index in [0.717, 1.165) is 0 Å². The van der Waals surface area contributed by atoms with Gasteiger partial charge in [0.05, 0.1) is 0 Å². The lowest BCUT2D eigenvalue weighted by Crippen LogP contribution is -2.33. The van der Waals surface area contributed by atoms with Crippen LogP contribution in [0.3, 0.4) is 0 Å². The molecule has 4 aromatic rings. The zero-order valence-corrected chi connectivity index (χ0v) is 16.1. The molecule has 0 atom stereocenters. The molecule has 0 amide bonds. The Morgan fingerprint density at radius 1 is 0.880 bits per heavy atom. The number of pyridine rings is 1. The van der Waals surface area contributed by atoms with Crippen LogP contribution in [0.15, 0.2) is 42.7 Å². The fraction of sp³-hybridized carbons (Fsp3) is 0.348. The van der Waals surface area contributed by atoms with E-state index in [1.165, 1.54) is 43.8 Å². The first kappa shape index (κ1) is 15.3. The summed E-state index contributed by atoms with van der Waals surface area (Å²) in [6, 6.07) is 11.5. The third-order valence-corrected chi connectivity index (χ3v) is 7.37. The Labute approximate surface area is 152 Å². The average Bonchev–Trinajstić information content (AvgIpc) is 2.94. The van der Waals surface area contributed by atoms with Crippen molar-refractivity contribution in [3.63, 3.8) is 0 Å². The molecule has 2 heteroatoms. The number of nitrogens with zero attached hydrogens (tertiary/aromatic N) is 1. The van der Waals surface area contributed by atoms with Gasteiger partial charge in [-0.25, -0.2) is 0 Å². The summed E-state index contributed by atoms with van der Waals surface area (Å²) in [5.41, 5.74) is 3.65. The second-order valence-electron chi connectivity index (χ2n) is 8.81. The second kappa shape index (κ2) is 4.82. The maximum absolute atomic E-state index is 4.30. The summed E-state index contributed by atoms with van der Waals surface area (Å²) in [5, 5.41) is 5.30. The molecule has 0 saturated carbocycles. The molecule has 1 aliphatic rings. The molecule has 0 bridgehead atoms. The molecule has 0 unspecified atom stereocenters. The van der Waals surface area contributed by atoms with E-state index in [1.54, 1.807) is 11.1 Å². The minimum absolute atomic E-state index is 0.242. The first-order valence-corrected chi connectivity index (χ1v) is 9.92. The number of fused-ring (bicyclic) bond motifs is 6. The van der Waals surface area contributed by atoms with Gasteiger partial charge in [-0.1, -0.05) is 39.8 Å². The maximum Gasteiger partial charge on any atom is 0.0395 e. The molecule has 5 rings (SSSR count). The van der Waals surface area contributed by atoms with E-state index in [1.807, 2.05) is 23.7 Å². The molecule has 0 aliphatic heterocycles. The molecule has 0 fully saturated rings. The highest BCUT2D eigenvalue weighted by Crippen LogP contribution is 2.51. The first-order chi connectivity index (χ1) is 11.9. The van der Waals surface area contributed by atoms with Crippen LogP contribution < -0.4 is 0 Å². The molecule has 2 heterocycles. The Kier molecular flexibility index (Phi) is 2.96.